The van der Waals surface area contributed by atoms with Crippen LogP contribution in [0.2, 0.25) is 0 Å². The van der Waals surface area contributed by atoms with Crippen LogP contribution in [-0.4, -0.2) is 58.8 Å². The fraction of sp³-hybridized carbons (Fsp3) is 0.538. The first kappa shape index (κ1) is 14.3. The largest absolute Gasteiger partial charge is 0.384 e. The first-order valence-electron chi connectivity index (χ1n) is 6.53. The summed E-state index contributed by atoms with van der Waals surface area (Å²) in [6.45, 7) is 6.18. The molecule has 0 saturated carbocycles. The van der Waals surface area contributed by atoms with Crippen LogP contribution in [-0.2, 0) is 9.84 Å². The molecule has 0 bridgehead atoms. The van der Waals surface area contributed by atoms with Gasteiger partial charge in [0.25, 0.3) is 0 Å². The number of rotatable bonds is 5. The molecule has 0 amide bonds. The van der Waals surface area contributed by atoms with Crippen LogP contribution in [0.3, 0.4) is 0 Å². The average molecular weight is 283 g/mol. The quantitative estimate of drug-likeness (QED) is 0.819. The molecule has 2 N–H and O–H groups in total. The Labute approximate surface area is 114 Å². The Bertz CT molecular complexity index is 493. The second-order valence-electron chi connectivity index (χ2n) is 4.81. The highest BCUT2D eigenvalue weighted by atomic mass is 32.2. The number of nitrogens with one attached hydrogen (secondary N) is 2. The average Bonchev–Trinajstić information content (AvgIpc) is 2.39. The second-order valence-corrected chi connectivity index (χ2v) is 6.83. The van der Waals surface area contributed by atoms with Gasteiger partial charge in [0.1, 0.15) is 0 Å². The smallest absolute Gasteiger partial charge is 0.175 e. The lowest BCUT2D eigenvalue weighted by Gasteiger charge is -2.27. The van der Waals surface area contributed by atoms with E-state index in [1.54, 1.807) is 12.1 Å². The Morgan fingerprint density at radius 1 is 1.21 bits per heavy atom. The van der Waals surface area contributed by atoms with Crippen molar-refractivity contribution in [2.24, 2.45) is 0 Å². The lowest BCUT2D eigenvalue weighted by molar-refractivity contribution is 0.249. The summed E-state index contributed by atoms with van der Waals surface area (Å²) in [5.41, 5.74) is 0.961. The first-order chi connectivity index (χ1) is 9.05. The second kappa shape index (κ2) is 6.36. The number of piperazine rings is 1. The summed E-state index contributed by atoms with van der Waals surface area (Å²) in [5, 5.41) is 6.64. The molecule has 106 valence electrons. The van der Waals surface area contributed by atoms with Gasteiger partial charge in [0, 0.05) is 51.2 Å². The van der Waals surface area contributed by atoms with E-state index in [1.807, 2.05) is 12.1 Å². The van der Waals surface area contributed by atoms with Gasteiger partial charge in [0.15, 0.2) is 9.84 Å². The molecule has 1 aromatic rings. The maximum absolute atomic E-state index is 11.3. The summed E-state index contributed by atoms with van der Waals surface area (Å²) >= 11 is 0. The van der Waals surface area contributed by atoms with Crippen LogP contribution >= 0.6 is 0 Å². The molecule has 6 heteroatoms. The third kappa shape index (κ3) is 4.49. The van der Waals surface area contributed by atoms with E-state index in [9.17, 15) is 8.42 Å². The van der Waals surface area contributed by atoms with E-state index in [0.717, 1.165) is 45.0 Å². The maximum Gasteiger partial charge on any atom is 0.175 e. The maximum atomic E-state index is 11.3. The van der Waals surface area contributed by atoms with Crippen LogP contribution in [0.4, 0.5) is 5.69 Å². The number of benzene rings is 1. The Balaban J connectivity index is 1.80. The van der Waals surface area contributed by atoms with Gasteiger partial charge in [-0.1, -0.05) is 0 Å². The zero-order chi connectivity index (χ0) is 13.7. The Morgan fingerprint density at radius 3 is 2.42 bits per heavy atom. The summed E-state index contributed by atoms with van der Waals surface area (Å²) < 4.78 is 22.7. The van der Waals surface area contributed by atoms with Gasteiger partial charge in [-0.3, -0.25) is 4.90 Å². The van der Waals surface area contributed by atoms with Crippen molar-refractivity contribution in [3.8, 4) is 0 Å². The SMILES string of the molecule is CS(=O)(=O)c1ccc(NCCN2CCNCC2)cc1. The molecule has 0 unspecified atom stereocenters. The summed E-state index contributed by atoms with van der Waals surface area (Å²) in [6, 6.07) is 6.91. The van der Waals surface area contributed by atoms with E-state index in [1.165, 1.54) is 6.26 Å². The van der Waals surface area contributed by atoms with Crippen molar-refractivity contribution in [1.82, 2.24) is 10.2 Å². The van der Waals surface area contributed by atoms with Crippen molar-refractivity contribution in [1.29, 1.82) is 0 Å². The minimum Gasteiger partial charge on any atom is -0.384 e. The molecular weight excluding hydrogens is 262 g/mol. The van der Waals surface area contributed by atoms with Gasteiger partial charge in [-0.25, -0.2) is 8.42 Å². The molecule has 0 atom stereocenters. The molecule has 1 aromatic carbocycles. The van der Waals surface area contributed by atoms with Gasteiger partial charge in [-0.05, 0) is 24.3 Å². The number of hydrogen-bond donors (Lipinski definition) is 2. The van der Waals surface area contributed by atoms with Crippen molar-refractivity contribution in [3.05, 3.63) is 24.3 Å². The normalized spacial score (nSPS) is 17.3. The fourth-order valence-corrected chi connectivity index (χ4v) is 2.74. The van der Waals surface area contributed by atoms with Crippen LogP contribution in [0.5, 0.6) is 0 Å². The first-order valence-corrected chi connectivity index (χ1v) is 8.42. The lowest BCUT2D eigenvalue weighted by atomic mass is 10.3. The van der Waals surface area contributed by atoms with Crippen molar-refractivity contribution in [2.75, 3.05) is 50.8 Å². The van der Waals surface area contributed by atoms with Gasteiger partial charge < -0.3 is 10.6 Å². The molecule has 0 aromatic heterocycles. The van der Waals surface area contributed by atoms with Gasteiger partial charge in [0.2, 0.25) is 0 Å². The van der Waals surface area contributed by atoms with Crippen molar-refractivity contribution in [2.45, 2.75) is 4.90 Å². The summed E-state index contributed by atoms with van der Waals surface area (Å²) in [6.07, 6.45) is 1.22. The topological polar surface area (TPSA) is 61.4 Å². The molecular formula is C13H21N3O2S. The van der Waals surface area contributed by atoms with E-state index in [0.29, 0.717) is 4.90 Å². The van der Waals surface area contributed by atoms with Crippen molar-refractivity contribution < 1.29 is 8.42 Å². The third-order valence-electron chi connectivity index (χ3n) is 3.25. The number of nitrogens with zero attached hydrogens (tertiary/aromatic N) is 1. The minimum absolute atomic E-state index is 0.361. The summed E-state index contributed by atoms with van der Waals surface area (Å²) in [5.74, 6) is 0. The van der Waals surface area contributed by atoms with Crippen LogP contribution in [0.15, 0.2) is 29.2 Å². The molecule has 1 saturated heterocycles. The van der Waals surface area contributed by atoms with Crippen LogP contribution < -0.4 is 10.6 Å². The highest BCUT2D eigenvalue weighted by Gasteiger charge is 2.09. The van der Waals surface area contributed by atoms with E-state index in [4.69, 9.17) is 0 Å². The molecule has 1 aliphatic rings. The Morgan fingerprint density at radius 2 is 1.84 bits per heavy atom. The van der Waals surface area contributed by atoms with Gasteiger partial charge in [-0.2, -0.15) is 0 Å². The van der Waals surface area contributed by atoms with Crippen molar-refractivity contribution >= 4 is 15.5 Å². The van der Waals surface area contributed by atoms with E-state index in [2.05, 4.69) is 15.5 Å². The van der Waals surface area contributed by atoms with Crippen molar-refractivity contribution in [3.63, 3.8) is 0 Å². The minimum atomic E-state index is -3.10. The third-order valence-corrected chi connectivity index (χ3v) is 4.38. The molecule has 0 radical (unpaired) electrons. The zero-order valence-electron chi connectivity index (χ0n) is 11.2. The van der Waals surface area contributed by atoms with Crippen LogP contribution in [0, 0.1) is 0 Å². The molecule has 0 spiro atoms. The summed E-state index contributed by atoms with van der Waals surface area (Å²) in [7, 11) is -3.10. The van der Waals surface area contributed by atoms with Gasteiger partial charge in [0.05, 0.1) is 4.90 Å². The van der Waals surface area contributed by atoms with Gasteiger partial charge in [-0.15, -0.1) is 0 Å². The molecule has 1 heterocycles. The number of sulfone groups is 1. The monoisotopic (exact) mass is 283 g/mol. The Kier molecular flexibility index (Phi) is 4.79. The van der Waals surface area contributed by atoms with E-state index in [-0.39, 0.29) is 0 Å². The van der Waals surface area contributed by atoms with Gasteiger partial charge >= 0.3 is 0 Å². The molecule has 1 fully saturated rings. The van der Waals surface area contributed by atoms with E-state index >= 15 is 0 Å². The highest BCUT2D eigenvalue weighted by Crippen LogP contribution is 2.13. The molecule has 19 heavy (non-hydrogen) atoms. The Hall–Kier alpha value is -1.11. The predicted octanol–water partition coefficient (Wildman–Crippen LogP) is 0.407. The fourth-order valence-electron chi connectivity index (χ4n) is 2.11. The summed E-state index contributed by atoms with van der Waals surface area (Å²) in [4.78, 5) is 2.77. The highest BCUT2D eigenvalue weighted by molar-refractivity contribution is 7.90. The van der Waals surface area contributed by atoms with Crippen LogP contribution in [0.1, 0.15) is 0 Å². The number of anilines is 1. The molecule has 0 aliphatic carbocycles. The van der Waals surface area contributed by atoms with Crippen LogP contribution in [0.25, 0.3) is 0 Å². The molecule has 2 rings (SSSR count). The molecule has 1 aliphatic heterocycles. The zero-order valence-corrected chi connectivity index (χ0v) is 12.0. The standard InChI is InChI=1S/C13H21N3O2S/c1-19(17,18)13-4-2-12(3-5-13)15-8-11-16-9-6-14-7-10-16/h2-5,14-15H,6-11H2,1H3. The number of hydrogen-bond acceptors (Lipinski definition) is 5. The predicted molar refractivity (Wildman–Crippen MR) is 77.4 cm³/mol. The molecule has 5 nitrogen and oxygen atoms in total. The lowest BCUT2D eigenvalue weighted by Crippen LogP contribution is -2.45. The van der Waals surface area contributed by atoms with E-state index < -0.39 is 9.84 Å².